The van der Waals surface area contributed by atoms with Crippen LogP contribution in [0, 0.1) is 6.92 Å². The van der Waals surface area contributed by atoms with Crippen molar-refractivity contribution < 1.29 is 4.79 Å². The third-order valence-corrected chi connectivity index (χ3v) is 5.50. The molecule has 0 aliphatic rings. The van der Waals surface area contributed by atoms with Crippen molar-refractivity contribution in [3.63, 3.8) is 0 Å². The first-order valence-electron chi connectivity index (χ1n) is 10.4. The Balaban J connectivity index is 1.72. The molecule has 2 heterocycles. The number of rotatable bonds is 6. The van der Waals surface area contributed by atoms with Crippen LogP contribution in [0.5, 0.6) is 0 Å². The molecule has 0 radical (unpaired) electrons. The van der Waals surface area contributed by atoms with Crippen LogP contribution in [0.1, 0.15) is 30.5 Å². The number of hydrogen-bond donors (Lipinski definition) is 1. The van der Waals surface area contributed by atoms with Crippen molar-refractivity contribution in [1.29, 1.82) is 0 Å². The predicted molar refractivity (Wildman–Crippen MR) is 122 cm³/mol. The molecule has 0 unspecified atom stereocenters. The maximum atomic E-state index is 13.5. The lowest BCUT2D eigenvalue weighted by molar-refractivity contribution is -0.132. The average molecular weight is 398 g/mol. The minimum Gasteiger partial charge on any atom is -0.354 e. The summed E-state index contributed by atoms with van der Waals surface area (Å²) < 4.78 is 0. The van der Waals surface area contributed by atoms with Crippen LogP contribution in [0.2, 0.25) is 0 Å². The number of aromatic nitrogens is 2. The standard InChI is InChI=1S/C26H27N3O/c1-18(2)29(17-20-11-13-27-14-12-20)25(30)16-23-22-15-19(3)9-10-24(22)28-26(23)21-7-5-4-6-8-21/h4-15,18,28H,16-17H2,1-3H3. The number of aryl methyl sites for hydroxylation is 1. The Kier molecular flexibility index (Phi) is 5.66. The normalized spacial score (nSPS) is 11.2. The number of carbonyl (C=O) groups excluding carboxylic acids is 1. The zero-order chi connectivity index (χ0) is 21.1. The smallest absolute Gasteiger partial charge is 0.227 e. The SMILES string of the molecule is Cc1ccc2[nH]c(-c3ccccc3)c(CC(=O)N(Cc3ccncc3)C(C)C)c2c1. The summed E-state index contributed by atoms with van der Waals surface area (Å²) in [7, 11) is 0. The van der Waals surface area contributed by atoms with Crippen molar-refractivity contribution in [3.05, 3.63) is 89.7 Å². The van der Waals surface area contributed by atoms with E-state index in [1.807, 2.05) is 35.2 Å². The van der Waals surface area contributed by atoms with Gasteiger partial charge in [0.1, 0.15) is 0 Å². The Hall–Kier alpha value is -3.40. The zero-order valence-corrected chi connectivity index (χ0v) is 17.7. The summed E-state index contributed by atoms with van der Waals surface area (Å²) in [5.41, 5.74) is 6.52. The summed E-state index contributed by atoms with van der Waals surface area (Å²) in [4.78, 5) is 23.0. The van der Waals surface area contributed by atoms with Crippen molar-refractivity contribution in [2.45, 2.75) is 39.8 Å². The summed E-state index contributed by atoms with van der Waals surface area (Å²) in [5.74, 6) is 0.126. The van der Waals surface area contributed by atoms with Crippen LogP contribution in [-0.4, -0.2) is 26.8 Å². The monoisotopic (exact) mass is 397 g/mol. The summed E-state index contributed by atoms with van der Waals surface area (Å²) in [6.45, 7) is 6.80. The highest BCUT2D eigenvalue weighted by molar-refractivity contribution is 5.95. The van der Waals surface area contributed by atoms with E-state index in [2.05, 4.69) is 61.1 Å². The molecule has 2 aromatic carbocycles. The molecule has 0 saturated carbocycles. The Labute approximate surface area is 177 Å². The van der Waals surface area contributed by atoms with Crippen molar-refractivity contribution in [1.82, 2.24) is 14.9 Å². The molecular formula is C26H27N3O. The average Bonchev–Trinajstić information content (AvgIpc) is 3.10. The molecule has 152 valence electrons. The van der Waals surface area contributed by atoms with Gasteiger partial charge in [0.05, 0.1) is 12.1 Å². The molecule has 0 aliphatic carbocycles. The Bertz CT molecular complexity index is 1150. The van der Waals surface area contributed by atoms with Crippen molar-refractivity contribution in [2.24, 2.45) is 0 Å². The van der Waals surface area contributed by atoms with Crippen LogP contribution in [0.25, 0.3) is 22.2 Å². The summed E-state index contributed by atoms with van der Waals surface area (Å²) >= 11 is 0. The fourth-order valence-electron chi connectivity index (χ4n) is 3.89. The summed E-state index contributed by atoms with van der Waals surface area (Å²) in [6, 6.07) is 20.7. The minimum absolute atomic E-state index is 0.109. The number of carbonyl (C=O) groups is 1. The zero-order valence-electron chi connectivity index (χ0n) is 17.7. The van der Waals surface area contributed by atoms with Crippen LogP contribution >= 0.6 is 0 Å². The van der Waals surface area contributed by atoms with E-state index >= 15 is 0 Å². The Morgan fingerprint density at radius 3 is 2.47 bits per heavy atom. The van der Waals surface area contributed by atoms with Gasteiger partial charge >= 0.3 is 0 Å². The lowest BCUT2D eigenvalue weighted by atomic mass is 10.0. The quantitative estimate of drug-likeness (QED) is 0.466. The molecule has 1 N–H and O–H groups in total. The third-order valence-electron chi connectivity index (χ3n) is 5.50. The molecule has 0 aliphatic heterocycles. The van der Waals surface area contributed by atoms with Gasteiger partial charge in [-0.2, -0.15) is 0 Å². The number of hydrogen-bond acceptors (Lipinski definition) is 2. The van der Waals surface area contributed by atoms with Gasteiger partial charge in [-0.1, -0.05) is 42.0 Å². The van der Waals surface area contributed by atoms with E-state index in [-0.39, 0.29) is 11.9 Å². The van der Waals surface area contributed by atoms with Crippen LogP contribution in [0.15, 0.2) is 73.1 Å². The highest BCUT2D eigenvalue weighted by Gasteiger charge is 2.22. The van der Waals surface area contributed by atoms with Gasteiger partial charge in [0, 0.05) is 35.9 Å². The number of nitrogens with zero attached hydrogens (tertiary/aromatic N) is 2. The Morgan fingerprint density at radius 2 is 1.77 bits per heavy atom. The molecule has 0 spiro atoms. The largest absolute Gasteiger partial charge is 0.354 e. The van der Waals surface area contributed by atoms with E-state index in [0.717, 1.165) is 33.3 Å². The highest BCUT2D eigenvalue weighted by atomic mass is 16.2. The van der Waals surface area contributed by atoms with Crippen molar-refractivity contribution in [3.8, 4) is 11.3 Å². The van der Waals surface area contributed by atoms with Crippen molar-refractivity contribution >= 4 is 16.8 Å². The second-order valence-corrected chi connectivity index (χ2v) is 8.04. The van der Waals surface area contributed by atoms with E-state index < -0.39 is 0 Å². The molecule has 30 heavy (non-hydrogen) atoms. The predicted octanol–water partition coefficient (Wildman–Crippen LogP) is 5.52. The van der Waals surface area contributed by atoms with Crippen LogP contribution in [-0.2, 0) is 17.8 Å². The maximum absolute atomic E-state index is 13.5. The van der Waals surface area contributed by atoms with Crippen LogP contribution in [0.3, 0.4) is 0 Å². The van der Waals surface area contributed by atoms with Gasteiger partial charge in [-0.15, -0.1) is 0 Å². The number of aromatic amines is 1. The molecule has 4 rings (SSSR count). The van der Waals surface area contributed by atoms with Crippen LogP contribution in [0.4, 0.5) is 0 Å². The maximum Gasteiger partial charge on any atom is 0.227 e. The number of amides is 1. The topological polar surface area (TPSA) is 49.0 Å². The van der Waals surface area contributed by atoms with E-state index in [1.54, 1.807) is 12.4 Å². The Morgan fingerprint density at radius 1 is 1.03 bits per heavy atom. The van der Waals surface area contributed by atoms with Gasteiger partial charge in [-0.25, -0.2) is 0 Å². The molecule has 4 nitrogen and oxygen atoms in total. The second-order valence-electron chi connectivity index (χ2n) is 8.04. The molecule has 4 heteroatoms. The minimum atomic E-state index is 0.109. The first-order chi connectivity index (χ1) is 14.5. The van der Waals surface area contributed by atoms with Gasteiger partial charge in [0.15, 0.2) is 0 Å². The van der Waals surface area contributed by atoms with Gasteiger partial charge in [-0.3, -0.25) is 9.78 Å². The molecule has 2 aromatic heterocycles. The molecular weight excluding hydrogens is 370 g/mol. The number of H-pyrrole nitrogens is 1. The first-order valence-corrected chi connectivity index (χ1v) is 10.4. The lowest BCUT2D eigenvalue weighted by Gasteiger charge is -2.27. The second kappa shape index (κ2) is 8.54. The van der Waals surface area contributed by atoms with E-state index in [9.17, 15) is 4.79 Å². The molecule has 1 amide bonds. The number of benzene rings is 2. The fraction of sp³-hybridized carbons (Fsp3) is 0.231. The van der Waals surface area contributed by atoms with E-state index in [1.165, 1.54) is 5.56 Å². The highest BCUT2D eigenvalue weighted by Crippen LogP contribution is 2.32. The third kappa shape index (κ3) is 4.13. The van der Waals surface area contributed by atoms with Gasteiger partial charge in [-0.05, 0) is 61.7 Å². The number of fused-ring (bicyclic) bond motifs is 1. The molecule has 0 saturated heterocycles. The number of nitrogens with one attached hydrogen (secondary N) is 1. The van der Waals surface area contributed by atoms with Gasteiger partial charge < -0.3 is 9.88 Å². The number of pyridine rings is 1. The first kappa shape index (κ1) is 19.9. The molecule has 0 fully saturated rings. The summed E-state index contributed by atoms with van der Waals surface area (Å²) in [5, 5.41) is 1.12. The van der Waals surface area contributed by atoms with E-state index in [0.29, 0.717) is 13.0 Å². The van der Waals surface area contributed by atoms with Crippen molar-refractivity contribution in [2.75, 3.05) is 0 Å². The molecule has 4 aromatic rings. The summed E-state index contributed by atoms with van der Waals surface area (Å²) in [6.07, 6.45) is 3.90. The van der Waals surface area contributed by atoms with Crippen LogP contribution < -0.4 is 0 Å². The van der Waals surface area contributed by atoms with Gasteiger partial charge in [0.25, 0.3) is 0 Å². The molecule has 0 bridgehead atoms. The lowest BCUT2D eigenvalue weighted by Crippen LogP contribution is -2.37. The van der Waals surface area contributed by atoms with E-state index in [4.69, 9.17) is 0 Å². The van der Waals surface area contributed by atoms with Gasteiger partial charge in [0.2, 0.25) is 5.91 Å². The fourth-order valence-corrected chi connectivity index (χ4v) is 3.89. The molecule has 0 atom stereocenters.